The van der Waals surface area contributed by atoms with Gasteiger partial charge in [0, 0.05) is 31.7 Å². The molecule has 1 aromatic carbocycles. The van der Waals surface area contributed by atoms with Crippen molar-refractivity contribution in [3.8, 4) is 5.75 Å². The molecule has 0 radical (unpaired) electrons. The molecule has 0 amide bonds. The summed E-state index contributed by atoms with van der Waals surface area (Å²) < 4.78 is 5.45. The number of carboxylic acids is 3. The van der Waals surface area contributed by atoms with Crippen molar-refractivity contribution < 1.29 is 44.7 Å². The molecule has 40 heavy (non-hydrogen) atoms. The molecule has 2 aromatic rings. The molecule has 1 saturated heterocycles. The summed E-state index contributed by atoms with van der Waals surface area (Å²) >= 11 is 0. The number of fused-ring (bicyclic) bond motifs is 1. The molecule has 0 bridgehead atoms. The van der Waals surface area contributed by atoms with E-state index in [-0.39, 0.29) is 5.92 Å². The van der Waals surface area contributed by atoms with Crippen LogP contribution in [0.25, 0.3) is 0 Å². The van der Waals surface area contributed by atoms with Gasteiger partial charge >= 0.3 is 17.9 Å². The van der Waals surface area contributed by atoms with E-state index in [0.29, 0.717) is 5.92 Å². The van der Waals surface area contributed by atoms with Gasteiger partial charge in [0.15, 0.2) is 5.60 Å². The number of aliphatic hydroxyl groups is 2. The quantitative estimate of drug-likeness (QED) is 0.305. The number of aryl methyl sites for hydroxylation is 3. The number of methoxy groups -OCH3 is 1. The predicted molar refractivity (Wildman–Crippen MR) is 144 cm³/mol. The second kappa shape index (κ2) is 12.3. The molecule has 218 valence electrons. The molecule has 0 spiro atoms. The predicted octanol–water partition coefficient (Wildman–Crippen LogP) is 2.50. The zero-order valence-corrected chi connectivity index (χ0v) is 23.3. The number of pyridine rings is 1. The Labute approximate surface area is 233 Å². The molecular formula is C29H38N2O9. The lowest BCUT2D eigenvalue weighted by atomic mass is 9.83. The zero-order chi connectivity index (χ0) is 29.8. The zero-order valence-electron chi connectivity index (χ0n) is 23.3. The SMILES string of the molecule is COc1cc(C)c(CN2C[C@@H]3CC[C@@](O)(c4ncccc4C)[C@@H]3C2)cc1C.O=C(O)CC(O)(CC(=O)O)C(=O)O. The molecule has 11 nitrogen and oxygen atoms in total. The monoisotopic (exact) mass is 558 g/mol. The van der Waals surface area contributed by atoms with Gasteiger partial charge in [-0.1, -0.05) is 12.1 Å². The summed E-state index contributed by atoms with van der Waals surface area (Å²) in [5.41, 5.74) is 2.26. The Morgan fingerprint density at radius 2 is 1.70 bits per heavy atom. The molecule has 3 atom stereocenters. The summed E-state index contributed by atoms with van der Waals surface area (Å²) in [6, 6.07) is 8.39. The van der Waals surface area contributed by atoms with Crippen molar-refractivity contribution in [1.29, 1.82) is 0 Å². The van der Waals surface area contributed by atoms with Crippen molar-refractivity contribution in [1.82, 2.24) is 9.88 Å². The molecule has 1 aliphatic carbocycles. The van der Waals surface area contributed by atoms with Gasteiger partial charge in [-0.3, -0.25) is 19.5 Å². The number of aromatic nitrogens is 1. The molecule has 5 N–H and O–H groups in total. The number of hydrogen-bond donors (Lipinski definition) is 5. The lowest BCUT2D eigenvalue weighted by Gasteiger charge is -2.31. The summed E-state index contributed by atoms with van der Waals surface area (Å²) in [6.07, 6.45) is 1.43. The van der Waals surface area contributed by atoms with Crippen molar-refractivity contribution in [2.45, 2.75) is 64.2 Å². The number of aliphatic carboxylic acids is 3. The fourth-order valence-corrected chi connectivity index (χ4v) is 5.94. The first-order chi connectivity index (χ1) is 18.7. The Morgan fingerprint density at radius 3 is 2.25 bits per heavy atom. The molecule has 1 aliphatic heterocycles. The van der Waals surface area contributed by atoms with Gasteiger partial charge in [0.1, 0.15) is 11.4 Å². The minimum absolute atomic E-state index is 0.269. The largest absolute Gasteiger partial charge is 0.496 e. The number of carbonyl (C=O) groups is 3. The highest BCUT2D eigenvalue weighted by Crippen LogP contribution is 2.50. The Bertz CT molecular complexity index is 1250. The van der Waals surface area contributed by atoms with Crippen LogP contribution < -0.4 is 4.74 Å². The molecule has 4 rings (SSSR count). The van der Waals surface area contributed by atoms with Gasteiger partial charge in [-0.2, -0.15) is 0 Å². The maximum Gasteiger partial charge on any atom is 0.336 e. The minimum atomic E-state index is -2.74. The second-order valence-electron chi connectivity index (χ2n) is 10.9. The van der Waals surface area contributed by atoms with Crippen molar-refractivity contribution >= 4 is 17.9 Å². The second-order valence-corrected chi connectivity index (χ2v) is 10.9. The van der Waals surface area contributed by atoms with Crippen LogP contribution in [0.1, 0.15) is 53.6 Å². The number of carboxylic acid groups (broad SMARTS) is 3. The number of rotatable bonds is 9. The smallest absolute Gasteiger partial charge is 0.336 e. The van der Waals surface area contributed by atoms with E-state index in [9.17, 15) is 19.5 Å². The molecule has 2 heterocycles. The first-order valence-corrected chi connectivity index (χ1v) is 13.1. The van der Waals surface area contributed by atoms with Gasteiger partial charge in [0.2, 0.25) is 0 Å². The van der Waals surface area contributed by atoms with Gasteiger partial charge < -0.3 is 30.3 Å². The molecular weight excluding hydrogens is 520 g/mol. The third-order valence-corrected chi connectivity index (χ3v) is 7.98. The van der Waals surface area contributed by atoms with Gasteiger partial charge in [-0.15, -0.1) is 0 Å². The van der Waals surface area contributed by atoms with Gasteiger partial charge in [-0.25, -0.2) is 4.79 Å². The molecule has 0 unspecified atom stereocenters. The Hall–Kier alpha value is -3.54. The Kier molecular flexibility index (Phi) is 9.55. The van der Waals surface area contributed by atoms with E-state index in [4.69, 9.17) is 25.2 Å². The van der Waals surface area contributed by atoms with Crippen molar-refractivity contribution in [2.24, 2.45) is 11.8 Å². The van der Waals surface area contributed by atoms with Crippen molar-refractivity contribution in [2.75, 3.05) is 20.2 Å². The highest BCUT2D eigenvalue weighted by Gasteiger charge is 2.53. The summed E-state index contributed by atoms with van der Waals surface area (Å²) in [5, 5.41) is 45.4. The van der Waals surface area contributed by atoms with Gasteiger partial charge in [0.25, 0.3) is 0 Å². The molecule has 1 aromatic heterocycles. The van der Waals surface area contributed by atoms with Crippen LogP contribution >= 0.6 is 0 Å². The van der Waals surface area contributed by atoms with Crippen LogP contribution in [0.2, 0.25) is 0 Å². The minimum Gasteiger partial charge on any atom is -0.496 e. The first kappa shape index (κ1) is 31.0. The molecule has 11 heteroatoms. The first-order valence-electron chi connectivity index (χ1n) is 13.1. The van der Waals surface area contributed by atoms with E-state index in [1.54, 1.807) is 7.11 Å². The average Bonchev–Trinajstić information content (AvgIpc) is 3.40. The Balaban J connectivity index is 0.000000289. The van der Waals surface area contributed by atoms with Crippen LogP contribution in [-0.2, 0) is 26.5 Å². The maximum atomic E-state index is 11.6. The summed E-state index contributed by atoms with van der Waals surface area (Å²) in [4.78, 5) is 37.6. The van der Waals surface area contributed by atoms with E-state index in [1.165, 1.54) is 16.7 Å². The van der Waals surface area contributed by atoms with E-state index < -0.39 is 42.0 Å². The van der Waals surface area contributed by atoms with E-state index in [0.717, 1.165) is 49.5 Å². The van der Waals surface area contributed by atoms with Gasteiger partial charge in [-0.05, 0) is 73.9 Å². The summed E-state index contributed by atoms with van der Waals surface area (Å²) in [7, 11) is 1.73. The number of nitrogens with zero attached hydrogens (tertiary/aromatic N) is 2. The number of likely N-dealkylation sites (tertiary alicyclic amines) is 1. The van der Waals surface area contributed by atoms with E-state index in [2.05, 4.69) is 48.9 Å². The van der Waals surface area contributed by atoms with E-state index >= 15 is 0 Å². The van der Waals surface area contributed by atoms with Crippen LogP contribution in [0.5, 0.6) is 5.75 Å². The third-order valence-electron chi connectivity index (χ3n) is 7.98. The number of ether oxygens (including phenoxy) is 1. The van der Waals surface area contributed by atoms with Gasteiger partial charge in [0.05, 0.1) is 25.6 Å². The highest BCUT2D eigenvalue weighted by atomic mass is 16.5. The summed E-state index contributed by atoms with van der Waals surface area (Å²) in [6.45, 7) is 9.24. The normalized spacial score (nSPS) is 22.2. The fourth-order valence-electron chi connectivity index (χ4n) is 5.94. The van der Waals surface area contributed by atoms with E-state index in [1.807, 2.05) is 12.3 Å². The maximum absolute atomic E-state index is 11.6. The fraction of sp³-hybridized carbons (Fsp3) is 0.517. The average molecular weight is 559 g/mol. The van der Waals surface area contributed by atoms with Crippen LogP contribution in [0, 0.1) is 32.6 Å². The number of hydrogen-bond acceptors (Lipinski definition) is 8. The van der Waals surface area contributed by atoms with Crippen LogP contribution in [-0.4, -0.2) is 79.1 Å². The third kappa shape index (κ3) is 6.78. The van der Waals surface area contributed by atoms with Crippen molar-refractivity contribution in [3.05, 3.63) is 58.4 Å². The standard InChI is InChI=1S/C23H30N2O2.C6H8O7/c1-15-6-5-9-24-22(15)23(26)8-7-18-12-25(14-20(18)23)13-19-10-17(3)21(27-4)11-16(19)2;7-3(8)1-6(13,5(11)12)2-4(9)10/h5-6,9-11,18,20,26H,7-8,12-14H2,1-4H3;13H,1-2H2,(H,7,8)(H,9,10)(H,11,12)/t18-,20+,23-;/m0./s1. The topological polar surface area (TPSA) is 178 Å². The van der Waals surface area contributed by atoms with Crippen LogP contribution in [0.4, 0.5) is 0 Å². The molecule has 2 fully saturated rings. The van der Waals surface area contributed by atoms with Crippen LogP contribution in [0.15, 0.2) is 30.5 Å². The Morgan fingerprint density at radius 1 is 1.05 bits per heavy atom. The molecule has 2 aliphatic rings. The van der Waals surface area contributed by atoms with Crippen LogP contribution in [0.3, 0.4) is 0 Å². The lowest BCUT2D eigenvalue weighted by Crippen LogP contribution is -2.42. The molecule has 1 saturated carbocycles. The lowest BCUT2D eigenvalue weighted by molar-refractivity contribution is -0.170. The number of benzene rings is 1. The highest BCUT2D eigenvalue weighted by molar-refractivity contribution is 5.88. The summed E-state index contributed by atoms with van der Waals surface area (Å²) in [5.74, 6) is -3.24. The van der Waals surface area contributed by atoms with Crippen molar-refractivity contribution in [3.63, 3.8) is 0 Å².